The van der Waals surface area contributed by atoms with Gasteiger partial charge in [-0.2, -0.15) is 5.06 Å². The Kier molecular flexibility index (Phi) is 8.65. The predicted molar refractivity (Wildman–Crippen MR) is 175 cm³/mol. The fourth-order valence-corrected chi connectivity index (χ4v) is 7.11. The topological polar surface area (TPSA) is 57.6 Å². The van der Waals surface area contributed by atoms with Crippen molar-refractivity contribution in [2.75, 3.05) is 0 Å². The SMILES string of the molecule is CC(C)(C)C1=CC(=C(C2=CC(C(C)(C)C)C(=O)C(C(C)(C)C)=C2)C2CC(C)(C)N(O)C(C)(C)C2)C=C(C(C)(C)C)C1=O. The first-order valence-electron chi connectivity index (χ1n) is 15.8. The minimum absolute atomic E-state index is 0.106. The largest absolute Gasteiger partial charge is 0.313 e. The maximum atomic E-state index is 14.0. The van der Waals surface area contributed by atoms with Crippen molar-refractivity contribution in [1.82, 2.24) is 5.06 Å². The number of ketones is 2. The normalized spacial score (nSPS) is 24.7. The van der Waals surface area contributed by atoms with Gasteiger partial charge in [-0.15, -0.1) is 0 Å². The summed E-state index contributed by atoms with van der Waals surface area (Å²) in [6, 6.07) is 0. The number of piperidine rings is 1. The number of rotatable bonds is 2. The molecule has 1 heterocycles. The fourth-order valence-electron chi connectivity index (χ4n) is 7.11. The lowest BCUT2D eigenvalue weighted by atomic mass is 9.64. The van der Waals surface area contributed by atoms with E-state index >= 15 is 0 Å². The quantitative estimate of drug-likeness (QED) is 0.355. The van der Waals surface area contributed by atoms with Crippen molar-refractivity contribution in [3.8, 4) is 0 Å². The van der Waals surface area contributed by atoms with E-state index < -0.39 is 11.1 Å². The van der Waals surface area contributed by atoms with Crippen molar-refractivity contribution < 1.29 is 14.8 Å². The third kappa shape index (κ3) is 6.70. The van der Waals surface area contributed by atoms with Crippen molar-refractivity contribution in [3.63, 3.8) is 0 Å². The lowest BCUT2D eigenvalue weighted by Crippen LogP contribution is -2.59. The zero-order chi connectivity index (χ0) is 32.6. The van der Waals surface area contributed by atoms with Crippen molar-refractivity contribution in [3.05, 3.63) is 57.7 Å². The molecule has 0 bridgehead atoms. The molecule has 0 saturated carbocycles. The van der Waals surface area contributed by atoms with E-state index in [0.29, 0.717) is 0 Å². The van der Waals surface area contributed by atoms with Crippen LogP contribution >= 0.6 is 0 Å². The van der Waals surface area contributed by atoms with Gasteiger partial charge in [-0.1, -0.05) is 89.2 Å². The van der Waals surface area contributed by atoms with Gasteiger partial charge in [-0.05, 0) is 103 Å². The molecule has 1 aliphatic heterocycles. The zero-order valence-electron chi connectivity index (χ0n) is 29.6. The molecule has 1 saturated heterocycles. The Bertz CT molecular complexity index is 1240. The Morgan fingerprint density at radius 3 is 1.48 bits per heavy atom. The van der Waals surface area contributed by atoms with Gasteiger partial charge in [0.1, 0.15) is 0 Å². The van der Waals surface area contributed by atoms with Crippen molar-refractivity contribution in [1.29, 1.82) is 0 Å². The molecule has 1 fully saturated rings. The molecular formula is C38H59NO3. The van der Waals surface area contributed by atoms with Crippen LogP contribution in [0, 0.1) is 33.5 Å². The maximum Gasteiger partial charge on any atom is 0.186 e. The van der Waals surface area contributed by atoms with Crippen LogP contribution in [0.25, 0.3) is 0 Å². The molecule has 0 spiro atoms. The van der Waals surface area contributed by atoms with Crippen molar-refractivity contribution in [2.45, 2.75) is 135 Å². The Morgan fingerprint density at radius 1 is 0.714 bits per heavy atom. The third-order valence-electron chi connectivity index (χ3n) is 9.31. The number of allylic oxidation sites excluding steroid dienone is 10. The summed E-state index contributed by atoms with van der Waals surface area (Å²) in [5, 5.41) is 12.8. The predicted octanol–water partition coefficient (Wildman–Crippen LogP) is 9.61. The van der Waals surface area contributed by atoms with Crippen molar-refractivity contribution >= 4 is 11.6 Å². The molecule has 4 nitrogen and oxygen atoms in total. The highest BCUT2D eigenvalue weighted by Crippen LogP contribution is 2.50. The van der Waals surface area contributed by atoms with Gasteiger partial charge in [-0.25, -0.2) is 0 Å². The molecule has 1 N–H and O–H groups in total. The van der Waals surface area contributed by atoms with E-state index in [9.17, 15) is 14.8 Å². The molecule has 0 aromatic carbocycles. The second-order valence-electron chi connectivity index (χ2n) is 18.5. The van der Waals surface area contributed by atoms with Gasteiger partial charge in [0.15, 0.2) is 11.6 Å². The van der Waals surface area contributed by atoms with E-state index in [1.807, 2.05) is 0 Å². The minimum atomic E-state index is -0.457. The lowest BCUT2D eigenvalue weighted by Gasteiger charge is -2.52. The highest BCUT2D eigenvalue weighted by atomic mass is 16.5. The zero-order valence-corrected chi connectivity index (χ0v) is 29.6. The van der Waals surface area contributed by atoms with Gasteiger partial charge in [0.2, 0.25) is 0 Å². The van der Waals surface area contributed by atoms with Crippen LogP contribution in [0.15, 0.2) is 57.7 Å². The number of carbonyl (C=O) groups is 2. The number of hydrogen-bond donors (Lipinski definition) is 1. The molecule has 0 aromatic heterocycles. The molecule has 1 atom stereocenters. The van der Waals surface area contributed by atoms with Crippen LogP contribution in [0.5, 0.6) is 0 Å². The highest BCUT2D eigenvalue weighted by molar-refractivity contribution is 6.12. The molecule has 3 rings (SSSR count). The molecule has 0 amide bonds. The van der Waals surface area contributed by atoms with Crippen LogP contribution in [-0.2, 0) is 9.59 Å². The first-order valence-corrected chi connectivity index (χ1v) is 15.8. The second kappa shape index (κ2) is 10.5. The number of Topliss-reactive ketones (excluding diaryl/α,β-unsaturated/α-hetero) is 2. The summed E-state index contributed by atoms with van der Waals surface area (Å²) >= 11 is 0. The number of hydroxylamine groups is 2. The first-order chi connectivity index (χ1) is 18.6. The maximum absolute atomic E-state index is 14.0. The Labute approximate surface area is 257 Å². The van der Waals surface area contributed by atoms with Crippen LogP contribution in [0.3, 0.4) is 0 Å². The minimum Gasteiger partial charge on any atom is -0.313 e. The summed E-state index contributed by atoms with van der Waals surface area (Å²) in [6.07, 6.45) is 10.1. The van der Waals surface area contributed by atoms with E-state index in [2.05, 4.69) is 135 Å². The van der Waals surface area contributed by atoms with Crippen LogP contribution < -0.4 is 0 Å². The Hall–Kier alpha value is -2.04. The van der Waals surface area contributed by atoms with Gasteiger partial charge < -0.3 is 5.21 Å². The fraction of sp³-hybridized carbons (Fsp3) is 0.684. The molecule has 234 valence electrons. The standard InChI is InChI=1S/C38H59NO3/c1-33(2,3)26-17-23(18-27(31(26)40)34(4,5)6)30(25-21-37(13,14)39(42)38(15,16)22-25)24-19-28(35(7,8)9)32(41)29(20-24)36(10,11)12/h17-20,25-26,42H,21-22H2,1-16H3. The van der Waals surface area contributed by atoms with Gasteiger partial charge in [0.25, 0.3) is 0 Å². The molecule has 3 aliphatic rings. The number of nitrogens with zero attached hydrogens (tertiary/aromatic N) is 1. The number of carbonyl (C=O) groups excluding carboxylic acids is 2. The molecule has 1 unspecified atom stereocenters. The van der Waals surface area contributed by atoms with E-state index in [0.717, 1.165) is 40.7 Å². The summed E-state index contributed by atoms with van der Waals surface area (Å²) in [6.45, 7) is 33.9. The average Bonchev–Trinajstić information content (AvgIpc) is 2.75. The van der Waals surface area contributed by atoms with Crippen LogP contribution in [-0.4, -0.2) is 32.9 Å². The third-order valence-corrected chi connectivity index (χ3v) is 9.31. The summed E-state index contributed by atoms with van der Waals surface area (Å²) in [5.41, 5.74) is 3.67. The van der Waals surface area contributed by atoms with Gasteiger partial charge in [0.05, 0.1) is 0 Å². The Balaban J connectivity index is 2.52. The average molecular weight is 578 g/mol. The molecule has 2 aliphatic carbocycles. The molecule has 0 radical (unpaired) electrons. The molecule has 0 aromatic rings. The smallest absolute Gasteiger partial charge is 0.186 e. The second-order valence-corrected chi connectivity index (χ2v) is 18.5. The lowest BCUT2D eigenvalue weighted by molar-refractivity contribution is -0.248. The molecule has 4 heteroatoms. The highest BCUT2D eigenvalue weighted by Gasteiger charge is 2.48. The van der Waals surface area contributed by atoms with E-state index in [4.69, 9.17) is 0 Å². The first kappa shape index (κ1) is 34.5. The van der Waals surface area contributed by atoms with Crippen LogP contribution in [0.1, 0.15) is 124 Å². The van der Waals surface area contributed by atoms with Gasteiger partial charge in [-0.3, -0.25) is 9.59 Å². The van der Waals surface area contributed by atoms with Crippen LogP contribution in [0.4, 0.5) is 0 Å². The number of hydrogen-bond acceptors (Lipinski definition) is 4. The van der Waals surface area contributed by atoms with E-state index in [1.54, 1.807) is 0 Å². The molecule has 42 heavy (non-hydrogen) atoms. The summed E-state index contributed by atoms with van der Waals surface area (Å²) in [7, 11) is 0. The molecular weight excluding hydrogens is 518 g/mol. The van der Waals surface area contributed by atoms with E-state index in [-0.39, 0.29) is 45.1 Å². The van der Waals surface area contributed by atoms with E-state index in [1.165, 1.54) is 10.6 Å². The summed E-state index contributed by atoms with van der Waals surface area (Å²) in [5.74, 6) is 0.164. The van der Waals surface area contributed by atoms with Gasteiger partial charge in [0, 0.05) is 33.7 Å². The Morgan fingerprint density at radius 2 is 1.12 bits per heavy atom. The van der Waals surface area contributed by atoms with Gasteiger partial charge >= 0.3 is 0 Å². The van der Waals surface area contributed by atoms with Crippen LogP contribution in [0.2, 0.25) is 0 Å². The summed E-state index contributed by atoms with van der Waals surface area (Å²) < 4.78 is 0. The van der Waals surface area contributed by atoms with Crippen molar-refractivity contribution in [2.24, 2.45) is 33.5 Å². The summed E-state index contributed by atoms with van der Waals surface area (Å²) in [4.78, 5) is 27.9. The monoisotopic (exact) mass is 577 g/mol.